The molecular weight excluding hydrogens is 312 g/mol. The number of halogens is 1. The molecule has 20 heavy (non-hydrogen) atoms. The lowest BCUT2D eigenvalue weighted by atomic mass is 9.92. The van der Waals surface area contributed by atoms with Gasteiger partial charge in [-0.25, -0.2) is 0 Å². The Balaban J connectivity index is 2.34. The van der Waals surface area contributed by atoms with Gasteiger partial charge in [-0.05, 0) is 61.1 Å². The van der Waals surface area contributed by atoms with Crippen molar-refractivity contribution < 1.29 is 0 Å². The first kappa shape index (κ1) is 15.2. The second kappa shape index (κ2) is 6.53. The largest absolute Gasteiger partial charge is 0.271 e. The molecule has 3 N–H and O–H groups in total. The van der Waals surface area contributed by atoms with E-state index in [-0.39, 0.29) is 6.04 Å². The summed E-state index contributed by atoms with van der Waals surface area (Å²) >= 11 is 3.60. The molecule has 1 atom stereocenters. The average Bonchev–Trinajstić information content (AvgIpc) is 2.42. The second-order valence-electron chi connectivity index (χ2n) is 5.31. The van der Waals surface area contributed by atoms with Crippen molar-refractivity contribution in [2.75, 3.05) is 0 Å². The number of benzene rings is 2. The minimum absolute atomic E-state index is 0.119. The number of nitrogens with two attached hydrogens (primary N) is 1. The molecule has 2 aromatic carbocycles. The van der Waals surface area contributed by atoms with Gasteiger partial charge in [0.25, 0.3) is 0 Å². The highest BCUT2D eigenvalue weighted by Crippen LogP contribution is 2.27. The second-order valence-corrected chi connectivity index (χ2v) is 6.16. The summed E-state index contributed by atoms with van der Waals surface area (Å²) < 4.78 is 1.13. The van der Waals surface area contributed by atoms with Crippen molar-refractivity contribution in [1.82, 2.24) is 5.43 Å². The minimum atomic E-state index is 0.119. The van der Waals surface area contributed by atoms with Crippen LogP contribution in [-0.2, 0) is 6.42 Å². The molecule has 0 aliphatic rings. The first-order chi connectivity index (χ1) is 9.52. The van der Waals surface area contributed by atoms with Gasteiger partial charge in [0.15, 0.2) is 0 Å². The third-order valence-corrected chi connectivity index (χ3v) is 4.61. The van der Waals surface area contributed by atoms with E-state index in [2.05, 4.69) is 72.5 Å². The van der Waals surface area contributed by atoms with Gasteiger partial charge in [-0.15, -0.1) is 0 Å². The molecule has 0 radical (unpaired) electrons. The van der Waals surface area contributed by atoms with Crippen LogP contribution in [0.1, 0.15) is 33.9 Å². The molecule has 0 bridgehead atoms. The van der Waals surface area contributed by atoms with Crippen LogP contribution < -0.4 is 11.3 Å². The van der Waals surface area contributed by atoms with Crippen molar-refractivity contribution in [2.24, 2.45) is 5.84 Å². The molecule has 1 unspecified atom stereocenters. The Kier molecular flexibility index (Phi) is 4.97. The van der Waals surface area contributed by atoms with Gasteiger partial charge in [0, 0.05) is 4.47 Å². The molecule has 3 heteroatoms. The standard InChI is InChI=1S/C17H21BrN2/c1-11-8-13(3)15(9-12(11)2)17(20-19)10-14-6-4-5-7-16(14)18/h4-9,17,20H,10,19H2,1-3H3. The topological polar surface area (TPSA) is 38.0 Å². The summed E-state index contributed by atoms with van der Waals surface area (Å²) in [6.45, 7) is 6.43. The third-order valence-electron chi connectivity index (χ3n) is 3.84. The van der Waals surface area contributed by atoms with Crippen LogP contribution in [0.5, 0.6) is 0 Å². The number of hydrazine groups is 1. The van der Waals surface area contributed by atoms with Crippen LogP contribution in [0, 0.1) is 20.8 Å². The zero-order valence-electron chi connectivity index (χ0n) is 12.2. The Morgan fingerprint density at radius 1 is 1.05 bits per heavy atom. The molecule has 106 valence electrons. The molecule has 0 heterocycles. The fraction of sp³-hybridized carbons (Fsp3) is 0.294. The number of aryl methyl sites for hydroxylation is 3. The summed E-state index contributed by atoms with van der Waals surface area (Å²) in [5.74, 6) is 5.79. The molecule has 0 amide bonds. The quantitative estimate of drug-likeness (QED) is 0.652. The highest BCUT2D eigenvalue weighted by molar-refractivity contribution is 9.10. The Morgan fingerprint density at radius 2 is 1.70 bits per heavy atom. The minimum Gasteiger partial charge on any atom is -0.271 e. The van der Waals surface area contributed by atoms with Crippen LogP contribution >= 0.6 is 15.9 Å². The molecule has 0 saturated carbocycles. The van der Waals surface area contributed by atoms with E-state index in [0.717, 1.165) is 10.9 Å². The van der Waals surface area contributed by atoms with Crippen molar-refractivity contribution in [1.29, 1.82) is 0 Å². The van der Waals surface area contributed by atoms with Crippen LogP contribution in [0.2, 0.25) is 0 Å². The monoisotopic (exact) mass is 332 g/mol. The molecule has 2 aromatic rings. The van der Waals surface area contributed by atoms with E-state index in [1.54, 1.807) is 0 Å². The van der Waals surface area contributed by atoms with E-state index >= 15 is 0 Å². The predicted octanol–water partition coefficient (Wildman–Crippen LogP) is 4.12. The van der Waals surface area contributed by atoms with Gasteiger partial charge in [0.05, 0.1) is 6.04 Å². The first-order valence-electron chi connectivity index (χ1n) is 6.80. The lowest BCUT2D eigenvalue weighted by Gasteiger charge is -2.21. The summed E-state index contributed by atoms with van der Waals surface area (Å²) in [6.07, 6.45) is 0.862. The maximum atomic E-state index is 5.79. The van der Waals surface area contributed by atoms with Crippen molar-refractivity contribution >= 4 is 15.9 Å². The number of rotatable bonds is 4. The molecule has 0 aromatic heterocycles. The molecular formula is C17H21BrN2. The molecule has 0 aliphatic carbocycles. The molecule has 0 spiro atoms. The maximum Gasteiger partial charge on any atom is 0.0503 e. The number of hydrogen-bond acceptors (Lipinski definition) is 2. The van der Waals surface area contributed by atoms with E-state index in [1.165, 1.54) is 27.8 Å². The predicted molar refractivity (Wildman–Crippen MR) is 88.6 cm³/mol. The van der Waals surface area contributed by atoms with E-state index in [9.17, 15) is 0 Å². The molecule has 0 fully saturated rings. The summed E-state index contributed by atoms with van der Waals surface area (Å²) in [7, 11) is 0. The van der Waals surface area contributed by atoms with Gasteiger partial charge >= 0.3 is 0 Å². The molecule has 0 aliphatic heterocycles. The van der Waals surface area contributed by atoms with Crippen molar-refractivity contribution in [3.05, 3.63) is 68.7 Å². The van der Waals surface area contributed by atoms with Gasteiger partial charge in [-0.1, -0.05) is 46.3 Å². The van der Waals surface area contributed by atoms with E-state index in [1.807, 2.05) is 6.07 Å². The zero-order valence-corrected chi connectivity index (χ0v) is 13.8. The fourth-order valence-corrected chi connectivity index (χ4v) is 2.95. The Labute approximate surface area is 129 Å². The summed E-state index contributed by atoms with van der Waals surface area (Å²) in [6, 6.07) is 12.9. The molecule has 0 saturated heterocycles. The van der Waals surface area contributed by atoms with Crippen LogP contribution in [0.15, 0.2) is 40.9 Å². The normalized spacial score (nSPS) is 12.4. The maximum absolute atomic E-state index is 5.79. The lowest BCUT2D eigenvalue weighted by molar-refractivity contribution is 0.548. The molecule has 2 nitrogen and oxygen atoms in total. The number of nitrogens with one attached hydrogen (secondary N) is 1. The number of hydrogen-bond donors (Lipinski definition) is 2. The van der Waals surface area contributed by atoms with Gasteiger partial charge in [-0.2, -0.15) is 0 Å². The van der Waals surface area contributed by atoms with Gasteiger partial charge in [0.1, 0.15) is 0 Å². The smallest absolute Gasteiger partial charge is 0.0503 e. The zero-order chi connectivity index (χ0) is 14.7. The van der Waals surface area contributed by atoms with Crippen LogP contribution in [0.4, 0.5) is 0 Å². The highest BCUT2D eigenvalue weighted by atomic mass is 79.9. The summed E-state index contributed by atoms with van der Waals surface area (Å²) in [5.41, 5.74) is 9.39. The SMILES string of the molecule is Cc1cc(C)c(C(Cc2ccccc2Br)NN)cc1C. The average molecular weight is 333 g/mol. The van der Waals surface area contributed by atoms with E-state index in [4.69, 9.17) is 5.84 Å². The van der Waals surface area contributed by atoms with Crippen molar-refractivity contribution in [2.45, 2.75) is 33.2 Å². The summed E-state index contributed by atoms with van der Waals surface area (Å²) in [5, 5.41) is 0. The molecule has 2 rings (SSSR count). The Morgan fingerprint density at radius 3 is 2.35 bits per heavy atom. The third kappa shape index (κ3) is 3.29. The lowest BCUT2D eigenvalue weighted by Crippen LogP contribution is -2.30. The Hall–Kier alpha value is -1.16. The highest BCUT2D eigenvalue weighted by Gasteiger charge is 2.15. The van der Waals surface area contributed by atoms with E-state index < -0.39 is 0 Å². The van der Waals surface area contributed by atoms with Crippen LogP contribution in [0.25, 0.3) is 0 Å². The van der Waals surface area contributed by atoms with E-state index in [0.29, 0.717) is 0 Å². The fourth-order valence-electron chi connectivity index (χ4n) is 2.50. The van der Waals surface area contributed by atoms with Gasteiger partial charge in [-0.3, -0.25) is 11.3 Å². The first-order valence-corrected chi connectivity index (χ1v) is 7.59. The van der Waals surface area contributed by atoms with Gasteiger partial charge < -0.3 is 0 Å². The summed E-state index contributed by atoms with van der Waals surface area (Å²) in [4.78, 5) is 0. The van der Waals surface area contributed by atoms with Crippen molar-refractivity contribution in [3.8, 4) is 0 Å². The van der Waals surface area contributed by atoms with Crippen LogP contribution in [0.3, 0.4) is 0 Å². The van der Waals surface area contributed by atoms with Gasteiger partial charge in [0.2, 0.25) is 0 Å². The van der Waals surface area contributed by atoms with Crippen LogP contribution in [-0.4, -0.2) is 0 Å². The Bertz CT molecular complexity index is 608. The van der Waals surface area contributed by atoms with Crippen molar-refractivity contribution in [3.63, 3.8) is 0 Å².